The predicted octanol–water partition coefficient (Wildman–Crippen LogP) is 1.87. The van der Waals surface area contributed by atoms with Gasteiger partial charge in [0.05, 0.1) is 5.92 Å². The Bertz CT molecular complexity index is 473. The van der Waals surface area contributed by atoms with Gasteiger partial charge in [0, 0.05) is 18.2 Å². The van der Waals surface area contributed by atoms with Gasteiger partial charge < -0.3 is 10.6 Å². The average Bonchev–Trinajstić information content (AvgIpc) is 2.80. The van der Waals surface area contributed by atoms with Crippen molar-refractivity contribution in [3.05, 3.63) is 35.4 Å². The highest BCUT2D eigenvalue weighted by Gasteiger charge is 2.30. The van der Waals surface area contributed by atoms with Crippen molar-refractivity contribution in [2.45, 2.75) is 26.3 Å². The predicted molar refractivity (Wildman–Crippen MR) is 73.2 cm³/mol. The summed E-state index contributed by atoms with van der Waals surface area (Å²) in [6.07, 6.45) is 0.152. The van der Waals surface area contributed by atoms with E-state index in [4.69, 9.17) is 0 Å². The molecule has 20 heavy (non-hydrogen) atoms. The number of carbonyl (C=O) groups excluding carboxylic acids is 1. The van der Waals surface area contributed by atoms with Crippen LogP contribution in [0.4, 0.5) is 8.78 Å². The maximum Gasteiger partial charge on any atom is 0.224 e. The van der Waals surface area contributed by atoms with Gasteiger partial charge in [0.15, 0.2) is 0 Å². The minimum Gasteiger partial charge on any atom is -0.353 e. The van der Waals surface area contributed by atoms with E-state index in [-0.39, 0.29) is 35.8 Å². The lowest BCUT2D eigenvalue weighted by molar-refractivity contribution is -0.126. The first kappa shape index (κ1) is 14.9. The highest BCUT2D eigenvalue weighted by molar-refractivity contribution is 5.79. The number of nitrogens with one attached hydrogen (secondary N) is 2. The van der Waals surface area contributed by atoms with Crippen LogP contribution in [0.3, 0.4) is 0 Å². The molecule has 5 heteroatoms. The van der Waals surface area contributed by atoms with Gasteiger partial charge in [-0.2, -0.15) is 0 Å². The van der Waals surface area contributed by atoms with Gasteiger partial charge >= 0.3 is 0 Å². The van der Waals surface area contributed by atoms with Crippen molar-refractivity contribution in [1.29, 1.82) is 0 Å². The summed E-state index contributed by atoms with van der Waals surface area (Å²) in [5.74, 6) is -0.967. The number of carbonyl (C=O) groups is 1. The summed E-state index contributed by atoms with van der Waals surface area (Å²) in [5, 5.41) is 6.01. The first-order valence-corrected chi connectivity index (χ1v) is 6.93. The molecule has 1 saturated heterocycles. The molecular formula is C15H20F2N2O. The molecule has 1 aliphatic rings. The fourth-order valence-electron chi connectivity index (χ4n) is 2.60. The topological polar surface area (TPSA) is 41.1 Å². The number of hydrogen-bond acceptors (Lipinski definition) is 2. The Morgan fingerprint density at radius 3 is 2.60 bits per heavy atom. The Morgan fingerprint density at radius 2 is 2.05 bits per heavy atom. The molecule has 2 N–H and O–H groups in total. The fraction of sp³-hybridized carbons (Fsp3) is 0.533. The van der Waals surface area contributed by atoms with Crippen molar-refractivity contribution < 1.29 is 13.6 Å². The van der Waals surface area contributed by atoms with E-state index >= 15 is 0 Å². The zero-order chi connectivity index (χ0) is 14.7. The van der Waals surface area contributed by atoms with Gasteiger partial charge in [0.25, 0.3) is 0 Å². The van der Waals surface area contributed by atoms with E-state index in [2.05, 4.69) is 10.6 Å². The van der Waals surface area contributed by atoms with Gasteiger partial charge in [-0.15, -0.1) is 0 Å². The highest BCUT2D eigenvalue weighted by Crippen LogP contribution is 2.17. The molecule has 0 aliphatic carbocycles. The van der Waals surface area contributed by atoms with Crippen molar-refractivity contribution in [2.75, 3.05) is 13.1 Å². The smallest absolute Gasteiger partial charge is 0.224 e. The van der Waals surface area contributed by atoms with Crippen LogP contribution in [0.1, 0.15) is 19.4 Å². The molecule has 110 valence electrons. The van der Waals surface area contributed by atoms with E-state index in [1.54, 1.807) is 6.92 Å². The first-order chi connectivity index (χ1) is 9.49. The molecule has 0 saturated carbocycles. The summed E-state index contributed by atoms with van der Waals surface area (Å²) in [7, 11) is 0. The Balaban J connectivity index is 1.95. The van der Waals surface area contributed by atoms with Gasteiger partial charge in [-0.3, -0.25) is 4.79 Å². The number of amides is 1. The largest absolute Gasteiger partial charge is 0.353 e. The molecule has 1 fully saturated rings. The molecule has 1 amide bonds. The van der Waals surface area contributed by atoms with Crippen LogP contribution >= 0.6 is 0 Å². The molecule has 2 rings (SSSR count). The van der Waals surface area contributed by atoms with E-state index in [1.807, 2.05) is 6.92 Å². The minimum absolute atomic E-state index is 0.0258. The van der Waals surface area contributed by atoms with Gasteiger partial charge in [-0.1, -0.05) is 13.0 Å². The number of benzene rings is 1. The molecule has 1 aromatic rings. The van der Waals surface area contributed by atoms with Crippen LogP contribution < -0.4 is 10.6 Å². The van der Waals surface area contributed by atoms with Crippen molar-refractivity contribution in [1.82, 2.24) is 10.6 Å². The zero-order valence-electron chi connectivity index (χ0n) is 11.7. The van der Waals surface area contributed by atoms with Crippen molar-refractivity contribution >= 4 is 5.91 Å². The van der Waals surface area contributed by atoms with Gasteiger partial charge in [-0.25, -0.2) is 8.78 Å². The quantitative estimate of drug-likeness (QED) is 0.885. The van der Waals surface area contributed by atoms with Gasteiger partial charge in [-0.05, 0) is 37.9 Å². The first-order valence-electron chi connectivity index (χ1n) is 6.93. The maximum atomic E-state index is 13.5. The maximum absolute atomic E-state index is 13.5. The van der Waals surface area contributed by atoms with Gasteiger partial charge in [0.1, 0.15) is 11.6 Å². The summed E-state index contributed by atoms with van der Waals surface area (Å²) in [4.78, 5) is 12.1. The summed E-state index contributed by atoms with van der Waals surface area (Å²) >= 11 is 0. The zero-order valence-corrected chi connectivity index (χ0v) is 11.7. The Morgan fingerprint density at radius 1 is 1.40 bits per heavy atom. The normalized spacial score (nSPS) is 23.6. The minimum atomic E-state index is -0.568. The van der Waals surface area contributed by atoms with Crippen LogP contribution in [-0.2, 0) is 11.2 Å². The molecule has 3 atom stereocenters. The second-order valence-corrected chi connectivity index (χ2v) is 5.56. The van der Waals surface area contributed by atoms with Crippen molar-refractivity contribution in [3.63, 3.8) is 0 Å². The standard InChI is InChI=1S/C15H20F2N2O/c1-9-7-18-8-12(9)15(20)19-10(2)6-11-13(16)4-3-5-14(11)17/h3-5,9-10,12,18H,6-8H2,1-2H3,(H,19,20)/t9-,10?,12-/m1/s1. The lowest BCUT2D eigenvalue weighted by Gasteiger charge is -2.19. The van der Waals surface area contributed by atoms with E-state index in [0.29, 0.717) is 6.54 Å². The Kier molecular flexibility index (Phi) is 4.70. The van der Waals surface area contributed by atoms with Crippen LogP contribution in [0.25, 0.3) is 0 Å². The van der Waals surface area contributed by atoms with E-state index in [9.17, 15) is 13.6 Å². The van der Waals surface area contributed by atoms with Crippen LogP contribution in [0.2, 0.25) is 0 Å². The average molecular weight is 282 g/mol. The lowest BCUT2D eigenvalue weighted by Crippen LogP contribution is -2.40. The van der Waals surface area contributed by atoms with Crippen LogP contribution in [0.5, 0.6) is 0 Å². The molecule has 1 heterocycles. The Labute approximate surface area is 117 Å². The molecule has 1 unspecified atom stereocenters. The fourth-order valence-corrected chi connectivity index (χ4v) is 2.60. The lowest BCUT2D eigenvalue weighted by atomic mass is 9.96. The summed E-state index contributed by atoms with van der Waals surface area (Å²) in [5.41, 5.74) is 0.0258. The Hall–Kier alpha value is -1.49. The molecular weight excluding hydrogens is 262 g/mol. The molecule has 0 spiro atoms. The van der Waals surface area contributed by atoms with Crippen LogP contribution in [0.15, 0.2) is 18.2 Å². The molecule has 0 radical (unpaired) electrons. The summed E-state index contributed by atoms with van der Waals surface area (Å²) < 4.78 is 27.1. The number of rotatable bonds is 4. The molecule has 0 bridgehead atoms. The SMILES string of the molecule is CC(Cc1c(F)cccc1F)NC(=O)[C@@H]1CNC[C@H]1C. The number of halogens is 2. The van der Waals surface area contributed by atoms with E-state index in [1.165, 1.54) is 18.2 Å². The molecule has 3 nitrogen and oxygen atoms in total. The van der Waals surface area contributed by atoms with Crippen molar-refractivity contribution in [2.24, 2.45) is 11.8 Å². The van der Waals surface area contributed by atoms with E-state index in [0.717, 1.165) is 6.54 Å². The molecule has 1 aromatic carbocycles. The van der Waals surface area contributed by atoms with Gasteiger partial charge in [0.2, 0.25) is 5.91 Å². The third-order valence-electron chi connectivity index (χ3n) is 3.81. The third kappa shape index (κ3) is 3.33. The summed E-state index contributed by atoms with van der Waals surface area (Å²) in [6, 6.07) is 3.50. The second kappa shape index (κ2) is 6.31. The van der Waals surface area contributed by atoms with Crippen LogP contribution in [0, 0.1) is 23.5 Å². The molecule has 1 aliphatic heterocycles. The molecule has 0 aromatic heterocycles. The van der Waals surface area contributed by atoms with Crippen LogP contribution in [-0.4, -0.2) is 25.0 Å². The highest BCUT2D eigenvalue weighted by atomic mass is 19.1. The summed E-state index contributed by atoms with van der Waals surface area (Å²) in [6.45, 7) is 5.27. The van der Waals surface area contributed by atoms with Crippen molar-refractivity contribution in [3.8, 4) is 0 Å². The monoisotopic (exact) mass is 282 g/mol. The number of hydrogen-bond donors (Lipinski definition) is 2. The second-order valence-electron chi connectivity index (χ2n) is 5.56. The van der Waals surface area contributed by atoms with E-state index < -0.39 is 11.6 Å². The third-order valence-corrected chi connectivity index (χ3v) is 3.81.